The van der Waals surface area contributed by atoms with E-state index in [0.29, 0.717) is 48.9 Å². The number of anilines is 2. The average molecular weight is 381 g/mol. The van der Waals surface area contributed by atoms with E-state index in [0.717, 1.165) is 5.56 Å². The zero-order valence-electron chi connectivity index (χ0n) is 15.0. The number of aryl methyl sites for hydroxylation is 1. The van der Waals surface area contributed by atoms with Crippen LogP contribution in [0.4, 0.5) is 11.4 Å². The number of hydrogen-bond donors (Lipinski definition) is 2. The van der Waals surface area contributed by atoms with Crippen molar-refractivity contribution in [3.05, 3.63) is 48.0 Å². The second-order valence-electron chi connectivity index (χ2n) is 5.45. The molecule has 2 rings (SSSR count). The first kappa shape index (κ1) is 21.6. The molecule has 0 radical (unpaired) electrons. The van der Waals surface area contributed by atoms with Gasteiger partial charge in [0, 0.05) is 31.0 Å². The summed E-state index contributed by atoms with van der Waals surface area (Å²) in [7, 11) is 3.18. The van der Waals surface area contributed by atoms with Gasteiger partial charge >= 0.3 is 0 Å². The molecule has 7 heteroatoms. The van der Waals surface area contributed by atoms with Gasteiger partial charge in [-0.15, -0.1) is 12.4 Å². The number of rotatable bonds is 9. The van der Waals surface area contributed by atoms with E-state index in [1.54, 1.807) is 32.4 Å². The van der Waals surface area contributed by atoms with Crippen LogP contribution in [-0.4, -0.2) is 33.3 Å². The summed E-state index contributed by atoms with van der Waals surface area (Å²) in [6, 6.07) is 12.8. The second kappa shape index (κ2) is 11.2. The third kappa shape index (κ3) is 6.46. The number of hydrogen-bond acceptors (Lipinski definition) is 5. The highest BCUT2D eigenvalue weighted by Crippen LogP contribution is 2.30. The molecule has 142 valence electrons. The van der Waals surface area contributed by atoms with E-state index >= 15 is 0 Å². The Hall–Kier alpha value is -2.44. The fraction of sp³-hybridized carbons (Fsp3) is 0.316. The van der Waals surface area contributed by atoms with Crippen molar-refractivity contribution in [2.75, 3.05) is 38.5 Å². The van der Waals surface area contributed by atoms with Crippen molar-refractivity contribution in [1.29, 1.82) is 0 Å². The molecule has 0 saturated carbocycles. The number of amides is 1. The minimum atomic E-state index is -0.0868. The lowest BCUT2D eigenvalue weighted by atomic mass is 10.1. The highest BCUT2D eigenvalue weighted by atomic mass is 35.5. The summed E-state index contributed by atoms with van der Waals surface area (Å²) < 4.78 is 15.8. The molecule has 0 heterocycles. The fourth-order valence-electron chi connectivity index (χ4n) is 2.34. The Bertz CT molecular complexity index is 710. The lowest BCUT2D eigenvalue weighted by molar-refractivity contribution is -0.116. The molecule has 2 aromatic carbocycles. The van der Waals surface area contributed by atoms with Gasteiger partial charge in [0.05, 0.1) is 13.7 Å². The maximum absolute atomic E-state index is 12.2. The van der Waals surface area contributed by atoms with Crippen molar-refractivity contribution < 1.29 is 19.0 Å². The molecule has 0 aliphatic heterocycles. The number of methoxy groups -OCH3 is 2. The molecular weight excluding hydrogens is 356 g/mol. The first-order valence-corrected chi connectivity index (χ1v) is 8.07. The van der Waals surface area contributed by atoms with Gasteiger partial charge in [0.15, 0.2) is 11.5 Å². The van der Waals surface area contributed by atoms with Gasteiger partial charge in [-0.05, 0) is 30.2 Å². The number of nitrogens with two attached hydrogens (primary N) is 1. The van der Waals surface area contributed by atoms with Gasteiger partial charge in [0.25, 0.3) is 0 Å². The van der Waals surface area contributed by atoms with Crippen LogP contribution in [0.3, 0.4) is 0 Å². The molecule has 0 spiro atoms. The smallest absolute Gasteiger partial charge is 0.224 e. The number of nitrogens with one attached hydrogen (secondary N) is 1. The van der Waals surface area contributed by atoms with Crippen LogP contribution >= 0.6 is 12.4 Å². The summed E-state index contributed by atoms with van der Waals surface area (Å²) in [5.41, 5.74) is 8.22. The molecule has 3 N–H and O–H groups in total. The van der Waals surface area contributed by atoms with Gasteiger partial charge < -0.3 is 25.3 Å². The molecule has 0 aromatic heterocycles. The number of ether oxygens (including phenoxy) is 3. The summed E-state index contributed by atoms with van der Waals surface area (Å²) in [6.07, 6.45) is 0.936. The van der Waals surface area contributed by atoms with Gasteiger partial charge in [-0.1, -0.05) is 18.2 Å². The number of nitrogen functional groups attached to an aromatic ring is 1. The van der Waals surface area contributed by atoms with Crippen LogP contribution in [0, 0.1) is 0 Å². The van der Waals surface area contributed by atoms with E-state index in [4.69, 9.17) is 19.9 Å². The molecule has 0 aliphatic carbocycles. The Morgan fingerprint density at radius 2 is 1.85 bits per heavy atom. The van der Waals surface area contributed by atoms with Gasteiger partial charge in [0.1, 0.15) is 6.61 Å². The molecule has 0 fully saturated rings. The van der Waals surface area contributed by atoms with Crippen molar-refractivity contribution in [2.45, 2.75) is 12.8 Å². The zero-order chi connectivity index (χ0) is 18.1. The third-order valence-corrected chi connectivity index (χ3v) is 3.67. The molecule has 2 aromatic rings. The Kier molecular flexibility index (Phi) is 9.33. The lowest BCUT2D eigenvalue weighted by Crippen LogP contribution is -2.13. The van der Waals surface area contributed by atoms with Crippen LogP contribution in [0.2, 0.25) is 0 Å². The number of carbonyl (C=O) groups excluding carboxylic acids is 1. The minimum absolute atomic E-state index is 0. The van der Waals surface area contributed by atoms with Gasteiger partial charge in [-0.3, -0.25) is 4.79 Å². The predicted molar refractivity (Wildman–Crippen MR) is 105 cm³/mol. The van der Waals surface area contributed by atoms with Crippen molar-refractivity contribution in [3.8, 4) is 11.5 Å². The number of benzene rings is 2. The number of para-hydroxylation sites is 1. The summed E-state index contributed by atoms with van der Waals surface area (Å²) in [6.45, 7) is 0.871. The van der Waals surface area contributed by atoms with E-state index in [1.807, 2.05) is 24.3 Å². The topological polar surface area (TPSA) is 82.8 Å². The molecule has 0 saturated heterocycles. The minimum Gasteiger partial charge on any atom is -0.493 e. The van der Waals surface area contributed by atoms with Crippen LogP contribution in [0.5, 0.6) is 11.5 Å². The maximum Gasteiger partial charge on any atom is 0.224 e. The van der Waals surface area contributed by atoms with Crippen LogP contribution in [0.1, 0.15) is 12.0 Å². The normalized spacial score (nSPS) is 9.92. The number of halogens is 1. The summed E-state index contributed by atoms with van der Waals surface area (Å²) in [4.78, 5) is 12.2. The molecule has 0 atom stereocenters. The Labute approximate surface area is 160 Å². The predicted octanol–water partition coefficient (Wildman–Crippen LogP) is 3.30. The van der Waals surface area contributed by atoms with Gasteiger partial charge in [-0.25, -0.2) is 0 Å². The highest BCUT2D eigenvalue weighted by Gasteiger charge is 2.09. The van der Waals surface area contributed by atoms with Crippen molar-refractivity contribution in [1.82, 2.24) is 0 Å². The average Bonchev–Trinajstić information content (AvgIpc) is 2.61. The molecule has 6 nitrogen and oxygen atoms in total. The third-order valence-electron chi connectivity index (χ3n) is 3.67. The lowest BCUT2D eigenvalue weighted by Gasteiger charge is -2.13. The standard InChI is InChI=1S/C19H24N2O4.ClH/c1-23-11-12-25-18-13-15(8-9-17(18)24-2)21-19(22)10-7-14-5-3-4-6-16(14)20;/h3-6,8-9,13H,7,10-12,20H2,1-2H3,(H,21,22);1H. The zero-order valence-corrected chi connectivity index (χ0v) is 15.8. The van der Waals surface area contributed by atoms with Gasteiger partial charge in [0.2, 0.25) is 5.91 Å². The maximum atomic E-state index is 12.2. The molecular formula is C19H25ClN2O4. The quantitative estimate of drug-likeness (QED) is 0.515. The summed E-state index contributed by atoms with van der Waals surface area (Å²) >= 11 is 0. The number of carbonyl (C=O) groups is 1. The summed E-state index contributed by atoms with van der Waals surface area (Å²) in [5.74, 6) is 1.08. The van der Waals surface area contributed by atoms with Crippen LogP contribution in [0.15, 0.2) is 42.5 Å². The van der Waals surface area contributed by atoms with Crippen LogP contribution in [-0.2, 0) is 16.0 Å². The van der Waals surface area contributed by atoms with E-state index in [-0.39, 0.29) is 18.3 Å². The van der Waals surface area contributed by atoms with Crippen molar-refractivity contribution >= 4 is 29.7 Å². The first-order valence-electron chi connectivity index (χ1n) is 8.07. The Morgan fingerprint density at radius 1 is 1.08 bits per heavy atom. The van der Waals surface area contributed by atoms with Gasteiger partial charge in [-0.2, -0.15) is 0 Å². The fourth-order valence-corrected chi connectivity index (χ4v) is 2.34. The Morgan fingerprint density at radius 3 is 2.54 bits per heavy atom. The monoisotopic (exact) mass is 380 g/mol. The van der Waals surface area contributed by atoms with Crippen molar-refractivity contribution in [2.24, 2.45) is 0 Å². The molecule has 0 bridgehead atoms. The van der Waals surface area contributed by atoms with Crippen LogP contribution < -0.4 is 20.5 Å². The summed E-state index contributed by atoms with van der Waals surface area (Å²) in [5, 5.41) is 2.87. The molecule has 0 unspecified atom stereocenters. The molecule has 0 aliphatic rings. The SMILES string of the molecule is COCCOc1cc(NC(=O)CCc2ccccc2N)ccc1OC.Cl. The van der Waals surface area contributed by atoms with E-state index in [1.165, 1.54) is 0 Å². The Balaban J connectivity index is 0.00000338. The van der Waals surface area contributed by atoms with E-state index in [2.05, 4.69) is 5.32 Å². The molecule has 26 heavy (non-hydrogen) atoms. The first-order chi connectivity index (χ1) is 12.1. The van der Waals surface area contributed by atoms with E-state index < -0.39 is 0 Å². The van der Waals surface area contributed by atoms with E-state index in [9.17, 15) is 4.79 Å². The largest absolute Gasteiger partial charge is 0.493 e. The highest BCUT2D eigenvalue weighted by molar-refractivity contribution is 5.91. The molecule has 1 amide bonds. The second-order valence-corrected chi connectivity index (χ2v) is 5.45. The van der Waals surface area contributed by atoms with Crippen molar-refractivity contribution in [3.63, 3.8) is 0 Å². The van der Waals surface area contributed by atoms with Crippen LogP contribution in [0.25, 0.3) is 0 Å².